The summed E-state index contributed by atoms with van der Waals surface area (Å²) in [5.41, 5.74) is -1.02. The molecule has 0 aliphatic heterocycles. The van der Waals surface area contributed by atoms with Crippen LogP contribution in [-0.2, 0) is 9.53 Å². The van der Waals surface area contributed by atoms with Gasteiger partial charge in [-0.15, -0.1) is 0 Å². The fraction of sp³-hybridized carbons (Fsp3) is 0.286. The number of fused-ring (bicyclic) bond motifs is 1. The minimum absolute atomic E-state index is 0.0821. The number of H-pyrrole nitrogens is 1. The topological polar surface area (TPSA) is 91.4 Å². The molecule has 0 bridgehead atoms. The maximum Gasteiger partial charge on any atom is 0.331 e. The molecule has 1 heterocycles. The van der Waals surface area contributed by atoms with Gasteiger partial charge in [0.15, 0.2) is 5.54 Å². The Bertz CT molecular complexity index is 697. The first kappa shape index (κ1) is 15.0. The summed E-state index contributed by atoms with van der Waals surface area (Å²) >= 11 is 0. The monoisotopic (exact) mass is 294 g/mol. The minimum Gasteiger partial charge on any atom is -0.479 e. The number of halogens is 1. The number of carboxylic acid groups (broad SMARTS) is 1. The smallest absolute Gasteiger partial charge is 0.331 e. The molecule has 6 nitrogen and oxygen atoms in total. The van der Waals surface area contributed by atoms with Gasteiger partial charge in [-0.2, -0.15) is 0 Å². The van der Waals surface area contributed by atoms with Crippen molar-refractivity contribution in [2.75, 3.05) is 13.7 Å². The molecule has 1 atom stereocenters. The van der Waals surface area contributed by atoms with Gasteiger partial charge < -0.3 is 20.1 Å². The standard InChI is InChI=1S/C14H15FN2O4/c1-14(7-21-2,13(19)20)17-12(18)11-6-8-9(15)4-3-5-10(8)16-11/h3-6,16H,7H2,1-2H3,(H,17,18)(H,19,20). The first-order valence-electron chi connectivity index (χ1n) is 6.19. The number of aromatic nitrogens is 1. The summed E-state index contributed by atoms with van der Waals surface area (Å²) in [6.45, 7) is 1.14. The van der Waals surface area contributed by atoms with Crippen LogP contribution in [0.25, 0.3) is 10.9 Å². The third-order valence-corrected chi connectivity index (χ3v) is 3.15. The Kier molecular flexibility index (Phi) is 3.95. The van der Waals surface area contributed by atoms with Crippen LogP contribution in [0, 0.1) is 5.82 Å². The summed E-state index contributed by atoms with van der Waals surface area (Å²) < 4.78 is 18.4. The van der Waals surface area contributed by atoms with Crippen LogP contribution in [0.5, 0.6) is 0 Å². The van der Waals surface area contributed by atoms with E-state index < -0.39 is 23.2 Å². The molecule has 1 aromatic carbocycles. The predicted molar refractivity (Wildman–Crippen MR) is 73.6 cm³/mol. The molecule has 0 saturated heterocycles. The zero-order valence-corrected chi connectivity index (χ0v) is 11.6. The van der Waals surface area contributed by atoms with E-state index in [4.69, 9.17) is 4.74 Å². The highest BCUT2D eigenvalue weighted by molar-refractivity contribution is 6.00. The molecule has 0 fully saturated rings. The van der Waals surface area contributed by atoms with E-state index in [0.717, 1.165) is 0 Å². The molecule has 3 N–H and O–H groups in total. The number of nitrogens with one attached hydrogen (secondary N) is 2. The highest BCUT2D eigenvalue weighted by Gasteiger charge is 2.35. The van der Waals surface area contributed by atoms with Crippen molar-refractivity contribution in [2.24, 2.45) is 0 Å². The number of aromatic amines is 1. The Morgan fingerprint density at radius 1 is 1.48 bits per heavy atom. The van der Waals surface area contributed by atoms with E-state index in [2.05, 4.69) is 10.3 Å². The third-order valence-electron chi connectivity index (χ3n) is 3.15. The number of benzene rings is 1. The van der Waals surface area contributed by atoms with E-state index in [0.29, 0.717) is 5.52 Å². The Morgan fingerprint density at radius 3 is 2.76 bits per heavy atom. The molecule has 21 heavy (non-hydrogen) atoms. The average molecular weight is 294 g/mol. The zero-order chi connectivity index (χ0) is 15.6. The predicted octanol–water partition coefficient (Wildman–Crippen LogP) is 1.53. The highest BCUT2D eigenvalue weighted by Crippen LogP contribution is 2.19. The zero-order valence-electron chi connectivity index (χ0n) is 11.6. The van der Waals surface area contributed by atoms with Gasteiger partial charge in [0.25, 0.3) is 5.91 Å². The van der Waals surface area contributed by atoms with Gasteiger partial charge in [0.1, 0.15) is 11.5 Å². The number of rotatable bonds is 5. The summed E-state index contributed by atoms with van der Waals surface area (Å²) in [5, 5.41) is 11.8. The lowest BCUT2D eigenvalue weighted by molar-refractivity contribution is -0.145. The van der Waals surface area contributed by atoms with Crippen molar-refractivity contribution in [3.63, 3.8) is 0 Å². The molecule has 1 aromatic heterocycles. The van der Waals surface area contributed by atoms with E-state index >= 15 is 0 Å². The van der Waals surface area contributed by atoms with E-state index in [1.165, 1.54) is 32.2 Å². The van der Waals surface area contributed by atoms with Crippen molar-refractivity contribution in [3.8, 4) is 0 Å². The fourth-order valence-electron chi connectivity index (χ4n) is 2.00. The fourth-order valence-corrected chi connectivity index (χ4v) is 2.00. The van der Waals surface area contributed by atoms with E-state index in [-0.39, 0.29) is 17.7 Å². The van der Waals surface area contributed by atoms with Crippen LogP contribution in [0.2, 0.25) is 0 Å². The molecule has 1 amide bonds. The number of methoxy groups -OCH3 is 1. The molecular weight excluding hydrogens is 279 g/mol. The molecule has 0 aliphatic carbocycles. The number of carbonyl (C=O) groups is 2. The lowest BCUT2D eigenvalue weighted by Gasteiger charge is -2.24. The second-order valence-electron chi connectivity index (χ2n) is 4.91. The summed E-state index contributed by atoms with van der Waals surface area (Å²) in [4.78, 5) is 26.1. The molecule has 112 valence electrons. The van der Waals surface area contributed by atoms with Crippen molar-refractivity contribution in [2.45, 2.75) is 12.5 Å². The van der Waals surface area contributed by atoms with Gasteiger partial charge in [-0.1, -0.05) is 6.07 Å². The number of ether oxygens (including phenoxy) is 1. The molecule has 7 heteroatoms. The van der Waals surface area contributed by atoms with Gasteiger partial charge in [0.2, 0.25) is 0 Å². The van der Waals surface area contributed by atoms with Crippen LogP contribution < -0.4 is 5.32 Å². The Labute approximate surface area is 119 Å². The van der Waals surface area contributed by atoms with Crippen LogP contribution in [0.4, 0.5) is 4.39 Å². The second kappa shape index (κ2) is 5.53. The molecule has 1 unspecified atom stereocenters. The number of carbonyl (C=O) groups excluding carboxylic acids is 1. The SMILES string of the molecule is COCC(C)(NC(=O)c1cc2c(F)cccc2[nH]1)C(=O)O. The highest BCUT2D eigenvalue weighted by atomic mass is 19.1. The van der Waals surface area contributed by atoms with Crippen LogP contribution >= 0.6 is 0 Å². The first-order valence-corrected chi connectivity index (χ1v) is 6.19. The Balaban J connectivity index is 2.30. The summed E-state index contributed by atoms with van der Waals surface area (Å²) in [6.07, 6.45) is 0. The van der Waals surface area contributed by atoms with Gasteiger partial charge in [0, 0.05) is 18.0 Å². The lowest BCUT2D eigenvalue weighted by atomic mass is 10.0. The van der Waals surface area contributed by atoms with Gasteiger partial charge in [-0.05, 0) is 25.1 Å². The number of hydrogen-bond donors (Lipinski definition) is 3. The van der Waals surface area contributed by atoms with E-state index in [9.17, 15) is 19.1 Å². The van der Waals surface area contributed by atoms with Gasteiger partial charge in [-0.3, -0.25) is 4.79 Å². The summed E-state index contributed by atoms with van der Waals surface area (Å²) in [6, 6.07) is 5.77. The third kappa shape index (κ3) is 2.87. The number of carboxylic acids is 1. The summed E-state index contributed by atoms with van der Waals surface area (Å²) in [5.74, 6) is -2.33. The van der Waals surface area contributed by atoms with Crippen molar-refractivity contribution in [3.05, 3.63) is 35.8 Å². The van der Waals surface area contributed by atoms with Crippen LogP contribution in [0.3, 0.4) is 0 Å². The largest absolute Gasteiger partial charge is 0.479 e. The van der Waals surface area contributed by atoms with Gasteiger partial charge in [-0.25, -0.2) is 9.18 Å². The molecule has 0 radical (unpaired) electrons. The van der Waals surface area contributed by atoms with E-state index in [1.54, 1.807) is 6.07 Å². The van der Waals surface area contributed by atoms with Crippen LogP contribution in [0.15, 0.2) is 24.3 Å². The summed E-state index contributed by atoms with van der Waals surface area (Å²) in [7, 11) is 1.34. The molecule has 0 saturated carbocycles. The number of hydrogen-bond acceptors (Lipinski definition) is 3. The molecule has 0 spiro atoms. The minimum atomic E-state index is -1.57. The lowest BCUT2D eigenvalue weighted by Crippen LogP contribution is -2.55. The maximum atomic E-state index is 13.6. The molecule has 2 aromatic rings. The quantitative estimate of drug-likeness (QED) is 0.780. The van der Waals surface area contributed by atoms with Crippen molar-refractivity contribution in [1.82, 2.24) is 10.3 Å². The second-order valence-corrected chi connectivity index (χ2v) is 4.91. The van der Waals surface area contributed by atoms with Gasteiger partial charge in [0.05, 0.1) is 6.61 Å². The molecule has 0 aliphatic rings. The Morgan fingerprint density at radius 2 is 2.19 bits per heavy atom. The maximum absolute atomic E-state index is 13.6. The van der Waals surface area contributed by atoms with Crippen LogP contribution in [0.1, 0.15) is 17.4 Å². The molecular formula is C14H15FN2O4. The Hall–Kier alpha value is -2.41. The molecule has 2 rings (SSSR count). The van der Waals surface area contributed by atoms with Crippen molar-refractivity contribution in [1.29, 1.82) is 0 Å². The van der Waals surface area contributed by atoms with Crippen molar-refractivity contribution >= 4 is 22.8 Å². The normalized spacial score (nSPS) is 13.9. The van der Waals surface area contributed by atoms with E-state index in [1.807, 2.05) is 0 Å². The van der Waals surface area contributed by atoms with Crippen LogP contribution in [-0.4, -0.2) is 41.2 Å². The van der Waals surface area contributed by atoms with Crippen molar-refractivity contribution < 1.29 is 23.8 Å². The van der Waals surface area contributed by atoms with Gasteiger partial charge >= 0.3 is 5.97 Å². The number of aliphatic carboxylic acids is 1. The first-order chi connectivity index (χ1) is 9.87. The number of amides is 1. The average Bonchev–Trinajstić information content (AvgIpc) is 2.84.